The highest BCUT2D eigenvalue weighted by Gasteiger charge is 2.01. The van der Waals surface area contributed by atoms with E-state index in [1.807, 2.05) is 32.0 Å². The number of hydrogen-bond donors (Lipinski definition) is 1. The summed E-state index contributed by atoms with van der Waals surface area (Å²) in [4.78, 5) is 8.79. The van der Waals surface area contributed by atoms with Crippen molar-refractivity contribution in [3.05, 3.63) is 47.3 Å². The van der Waals surface area contributed by atoms with Crippen LogP contribution in [0.3, 0.4) is 0 Å². The third-order valence-electron chi connectivity index (χ3n) is 2.90. The minimum atomic E-state index is 0.636. The molecule has 1 aromatic carbocycles. The highest BCUT2D eigenvalue weighted by Crippen LogP contribution is 2.16. The van der Waals surface area contributed by atoms with Crippen molar-refractivity contribution in [3.63, 3.8) is 0 Å². The van der Waals surface area contributed by atoms with Crippen molar-refractivity contribution in [2.45, 2.75) is 25.4 Å². The van der Waals surface area contributed by atoms with Gasteiger partial charge in [0.15, 0.2) is 5.16 Å². The smallest absolute Gasteiger partial charge is 0.188 e. The van der Waals surface area contributed by atoms with Crippen LogP contribution in [0.25, 0.3) is 0 Å². The van der Waals surface area contributed by atoms with Gasteiger partial charge in [0.25, 0.3) is 0 Å². The lowest BCUT2D eigenvalue weighted by molar-refractivity contribution is 0.344. The van der Waals surface area contributed by atoms with Crippen LogP contribution in [0, 0.1) is 13.8 Å². The third kappa shape index (κ3) is 5.36. The molecule has 0 amide bonds. The average molecular weight is 303 g/mol. The summed E-state index contributed by atoms with van der Waals surface area (Å²) in [6, 6.07) is 10.1. The maximum atomic E-state index is 5.71. The van der Waals surface area contributed by atoms with Crippen LogP contribution in [-0.4, -0.2) is 28.9 Å². The first kappa shape index (κ1) is 15.8. The van der Waals surface area contributed by atoms with E-state index in [0.29, 0.717) is 13.2 Å². The minimum Gasteiger partial charge on any atom is -0.493 e. The molecule has 2 aromatic rings. The van der Waals surface area contributed by atoms with Gasteiger partial charge in [-0.1, -0.05) is 23.9 Å². The molecule has 0 fully saturated rings. The van der Waals surface area contributed by atoms with Gasteiger partial charge in [-0.15, -0.1) is 0 Å². The summed E-state index contributed by atoms with van der Waals surface area (Å²) in [5.41, 5.74) is 8.77. The number of ether oxygens (including phenoxy) is 1. The van der Waals surface area contributed by atoms with Gasteiger partial charge in [-0.25, -0.2) is 9.97 Å². The van der Waals surface area contributed by atoms with E-state index in [0.717, 1.165) is 34.5 Å². The van der Waals surface area contributed by atoms with Crippen LogP contribution in [0.1, 0.15) is 17.0 Å². The van der Waals surface area contributed by atoms with Crippen molar-refractivity contribution in [3.8, 4) is 5.75 Å². The molecule has 0 saturated heterocycles. The molecule has 0 saturated carbocycles. The van der Waals surface area contributed by atoms with Crippen molar-refractivity contribution in [2.24, 2.45) is 5.73 Å². The number of nitrogens with zero attached hydrogens (tertiary/aromatic N) is 2. The lowest BCUT2D eigenvalue weighted by Crippen LogP contribution is -2.03. The molecule has 0 unspecified atom stereocenters. The quantitative estimate of drug-likeness (QED) is 0.484. The Morgan fingerprint density at radius 2 is 1.76 bits per heavy atom. The summed E-state index contributed by atoms with van der Waals surface area (Å²) in [5.74, 6) is 1.71. The van der Waals surface area contributed by atoms with Gasteiger partial charge in [0.05, 0.1) is 6.61 Å². The van der Waals surface area contributed by atoms with Gasteiger partial charge < -0.3 is 10.5 Å². The first-order valence-corrected chi connectivity index (χ1v) is 8.03. The fourth-order valence-corrected chi connectivity index (χ4v) is 2.74. The number of hydrogen-bond acceptors (Lipinski definition) is 5. The van der Waals surface area contributed by atoms with E-state index in [2.05, 4.69) is 22.1 Å². The monoisotopic (exact) mass is 303 g/mol. The molecule has 0 spiro atoms. The van der Waals surface area contributed by atoms with Crippen LogP contribution >= 0.6 is 11.8 Å². The molecule has 2 N–H and O–H groups in total. The zero-order valence-corrected chi connectivity index (χ0v) is 13.3. The number of rotatable bonds is 7. The lowest BCUT2D eigenvalue weighted by atomic mass is 10.1. The molecule has 0 aliphatic carbocycles. The predicted molar refractivity (Wildman–Crippen MR) is 86.9 cm³/mol. The van der Waals surface area contributed by atoms with Gasteiger partial charge in [0, 0.05) is 17.1 Å². The van der Waals surface area contributed by atoms with E-state index in [1.54, 1.807) is 11.8 Å². The third-order valence-corrected chi connectivity index (χ3v) is 3.71. The second kappa shape index (κ2) is 8.00. The van der Waals surface area contributed by atoms with Gasteiger partial charge in [0.2, 0.25) is 0 Å². The molecule has 112 valence electrons. The molecule has 21 heavy (non-hydrogen) atoms. The Morgan fingerprint density at radius 1 is 1.10 bits per heavy atom. The van der Waals surface area contributed by atoms with Crippen LogP contribution in [-0.2, 0) is 6.42 Å². The Labute approximate surface area is 130 Å². The largest absolute Gasteiger partial charge is 0.493 e. The highest BCUT2D eigenvalue weighted by atomic mass is 32.2. The molecule has 0 radical (unpaired) electrons. The molecule has 1 aromatic heterocycles. The van der Waals surface area contributed by atoms with E-state index >= 15 is 0 Å². The SMILES string of the molecule is Cc1cc(C)nc(SCCOc2ccc(CCN)cc2)n1. The Balaban J connectivity index is 1.76. The molecule has 2 rings (SSSR count). The van der Waals surface area contributed by atoms with E-state index in [-0.39, 0.29) is 0 Å². The van der Waals surface area contributed by atoms with Crippen LogP contribution in [0.4, 0.5) is 0 Å². The topological polar surface area (TPSA) is 61.0 Å². The zero-order chi connectivity index (χ0) is 15.1. The second-order valence-corrected chi connectivity index (χ2v) is 5.87. The van der Waals surface area contributed by atoms with Gasteiger partial charge in [-0.2, -0.15) is 0 Å². The van der Waals surface area contributed by atoms with Crippen molar-refractivity contribution < 1.29 is 4.74 Å². The Hall–Kier alpha value is -1.59. The summed E-state index contributed by atoms with van der Waals surface area (Å²) in [6.07, 6.45) is 0.903. The molecule has 0 atom stereocenters. The number of nitrogens with two attached hydrogens (primary N) is 1. The molecule has 1 heterocycles. The fraction of sp³-hybridized carbons (Fsp3) is 0.375. The van der Waals surface area contributed by atoms with Crippen molar-refractivity contribution in [1.29, 1.82) is 0 Å². The maximum absolute atomic E-state index is 5.71. The standard InChI is InChI=1S/C16H21N3OS/c1-12-11-13(2)19-16(18-12)21-10-9-20-15-5-3-14(4-6-15)7-8-17/h3-6,11H,7-10,17H2,1-2H3. The second-order valence-electron chi connectivity index (χ2n) is 4.81. The highest BCUT2D eigenvalue weighted by molar-refractivity contribution is 7.99. The Kier molecular flexibility index (Phi) is 6.02. The van der Waals surface area contributed by atoms with Crippen molar-refractivity contribution in [1.82, 2.24) is 9.97 Å². The summed E-state index contributed by atoms with van der Waals surface area (Å²) >= 11 is 1.62. The molecule has 0 aliphatic heterocycles. The Morgan fingerprint density at radius 3 is 2.38 bits per heavy atom. The summed E-state index contributed by atoms with van der Waals surface area (Å²) in [5, 5.41) is 0.814. The summed E-state index contributed by atoms with van der Waals surface area (Å²) < 4.78 is 5.71. The minimum absolute atomic E-state index is 0.636. The summed E-state index contributed by atoms with van der Waals surface area (Å²) in [7, 11) is 0. The van der Waals surface area contributed by atoms with E-state index in [1.165, 1.54) is 5.56 Å². The zero-order valence-electron chi connectivity index (χ0n) is 12.5. The number of thioether (sulfide) groups is 1. The lowest BCUT2D eigenvalue weighted by Gasteiger charge is -2.07. The fourth-order valence-electron chi connectivity index (χ4n) is 1.97. The maximum Gasteiger partial charge on any atom is 0.188 e. The first-order chi connectivity index (χ1) is 10.2. The average Bonchev–Trinajstić information content (AvgIpc) is 2.45. The van der Waals surface area contributed by atoms with Crippen molar-refractivity contribution >= 4 is 11.8 Å². The molecule has 4 nitrogen and oxygen atoms in total. The van der Waals surface area contributed by atoms with Crippen molar-refractivity contribution in [2.75, 3.05) is 18.9 Å². The van der Waals surface area contributed by atoms with E-state index < -0.39 is 0 Å². The van der Waals surface area contributed by atoms with E-state index in [9.17, 15) is 0 Å². The first-order valence-electron chi connectivity index (χ1n) is 7.04. The Bertz CT molecular complexity index is 552. The van der Waals surface area contributed by atoms with Gasteiger partial charge in [0.1, 0.15) is 5.75 Å². The van der Waals surface area contributed by atoms with Crippen LogP contribution in [0.5, 0.6) is 5.75 Å². The summed E-state index contributed by atoms with van der Waals surface area (Å²) in [6.45, 7) is 5.28. The normalized spacial score (nSPS) is 10.6. The van der Waals surface area contributed by atoms with E-state index in [4.69, 9.17) is 10.5 Å². The van der Waals surface area contributed by atoms with Gasteiger partial charge in [-0.05, 0) is 50.6 Å². The molecule has 0 bridgehead atoms. The number of benzene rings is 1. The van der Waals surface area contributed by atoms with Crippen LogP contribution in [0.2, 0.25) is 0 Å². The predicted octanol–water partition coefficient (Wildman–Crippen LogP) is 2.77. The van der Waals surface area contributed by atoms with Crippen LogP contribution in [0.15, 0.2) is 35.5 Å². The van der Waals surface area contributed by atoms with Crippen LogP contribution < -0.4 is 10.5 Å². The van der Waals surface area contributed by atoms with Gasteiger partial charge in [-0.3, -0.25) is 0 Å². The molecular weight excluding hydrogens is 282 g/mol. The number of aryl methyl sites for hydroxylation is 2. The number of aromatic nitrogens is 2. The van der Waals surface area contributed by atoms with Gasteiger partial charge >= 0.3 is 0 Å². The molecular formula is C16H21N3OS. The molecule has 0 aliphatic rings. The molecule has 5 heteroatoms.